The molecule has 4 aromatic rings. The van der Waals surface area contributed by atoms with Crippen LogP contribution in [0.3, 0.4) is 0 Å². The van der Waals surface area contributed by atoms with Gasteiger partial charge in [0, 0.05) is 5.39 Å². The third-order valence-electron chi connectivity index (χ3n) is 4.03. The van der Waals surface area contributed by atoms with E-state index in [4.69, 9.17) is 0 Å². The van der Waals surface area contributed by atoms with Gasteiger partial charge >= 0.3 is 0 Å². The van der Waals surface area contributed by atoms with E-state index in [-0.39, 0.29) is 5.56 Å². The average Bonchev–Trinajstić information content (AvgIpc) is 2.48. The fourth-order valence-electron chi connectivity index (χ4n) is 3.01. The van der Waals surface area contributed by atoms with E-state index in [2.05, 4.69) is 18.0 Å². The Balaban J connectivity index is 2.41. The van der Waals surface area contributed by atoms with Gasteiger partial charge in [0.1, 0.15) is 5.65 Å². The summed E-state index contributed by atoms with van der Waals surface area (Å²) in [4.78, 5) is 17.5. The maximum atomic E-state index is 12.9. The Bertz CT molecular complexity index is 1080. The van der Waals surface area contributed by atoms with Gasteiger partial charge in [-0.3, -0.25) is 9.20 Å². The number of para-hydroxylation sites is 2. The van der Waals surface area contributed by atoms with Crippen LogP contribution >= 0.6 is 0 Å². The van der Waals surface area contributed by atoms with Crippen molar-refractivity contribution in [2.24, 2.45) is 0 Å². The van der Waals surface area contributed by atoms with E-state index >= 15 is 0 Å². The van der Waals surface area contributed by atoms with E-state index in [1.165, 1.54) is 0 Å². The van der Waals surface area contributed by atoms with Crippen LogP contribution in [-0.2, 0) is 0 Å². The highest BCUT2D eigenvalue weighted by Gasteiger charge is 2.11. The van der Waals surface area contributed by atoms with Crippen molar-refractivity contribution in [1.29, 1.82) is 0 Å². The first-order valence-electron chi connectivity index (χ1n) is 6.97. The van der Waals surface area contributed by atoms with Gasteiger partial charge in [0.2, 0.25) is 0 Å². The lowest BCUT2D eigenvalue weighted by Gasteiger charge is -2.11. The molecule has 0 atom stereocenters. The molecule has 2 heterocycles. The molecule has 0 unspecified atom stereocenters. The van der Waals surface area contributed by atoms with Crippen molar-refractivity contribution in [1.82, 2.24) is 9.38 Å². The molecule has 0 fully saturated rings. The lowest BCUT2D eigenvalue weighted by Crippen LogP contribution is -2.17. The van der Waals surface area contributed by atoms with Crippen LogP contribution in [0.5, 0.6) is 0 Å². The molecule has 102 valence electrons. The topological polar surface area (TPSA) is 34.4 Å². The van der Waals surface area contributed by atoms with E-state index < -0.39 is 0 Å². The van der Waals surface area contributed by atoms with E-state index in [0.717, 1.165) is 27.5 Å². The van der Waals surface area contributed by atoms with Crippen molar-refractivity contribution < 1.29 is 0 Å². The number of pyridine rings is 1. The van der Waals surface area contributed by atoms with Gasteiger partial charge in [0.25, 0.3) is 5.56 Å². The minimum Gasteiger partial charge on any atom is -0.268 e. The maximum Gasteiger partial charge on any atom is 0.266 e. The first-order chi connectivity index (χ1) is 10.2. The van der Waals surface area contributed by atoms with Gasteiger partial charge < -0.3 is 0 Å². The van der Waals surface area contributed by atoms with Crippen molar-refractivity contribution in [3.63, 3.8) is 0 Å². The zero-order valence-corrected chi connectivity index (χ0v) is 11.9. The standard InChI is InChI=1S/C18H14N2O/c1-11-6-5-8-13-12(2)10-16-19-15-9-4-3-7-14(15)18(21)20(16)17(11)13/h3-10H,1-2H3. The summed E-state index contributed by atoms with van der Waals surface area (Å²) in [5, 5.41) is 1.75. The zero-order chi connectivity index (χ0) is 14.6. The number of aryl methyl sites for hydroxylation is 2. The van der Waals surface area contributed by atoms with Gasteiger partial charge in [0.15, 0.2) is 0 Å². The van der Waals surface area contributed by atoms with Crippen LogP contribution in [0.1, 0.15) is 11.1 Å². The Morgan fingerprint density at radius 2 is 1.67 bits per heavy atom. The lowest BCUT2D eigenvalue weighted by molar-refractivity contribution is 1.11. The molecule has 0 spiro atoms. The number of rotatable bonds is 0. The monoisotopic (exact) mass is 274 g/mol. The van der Waals surface area contributed by atoms with Gasteiger partial charge in [0.05, 0.1) is 16.4 Å². The summed E-state index contributed by atoms with van der Waals surface area (Å²) < 4.78 is 1.74. The van der Waals surface area contributed by atoms with Crippen LogP contribution in [0.15, 0.2) is 53.3 Å². The summed E-state index contributed by atoms with van der Waals surface area (Å²) >= 11 is 0. The second-order valence-electron chi connectivity index (χ2n) is 5.43. The first kappa shape index (κ1) is 12.1. The average molecular weight is 274 g/mol. The molecule has 0 saturated carbocycles. The second-order valence-corrected chi connectivity index (χ2v) is 5.43. The molecule has 4 rings (SSSR count). The Kier molecular flexibility index (Phi) is 2.39. The van der Waals surface area contributed by atoms with E-state index in [1.807, 2.05) is 49.4 Å². The number of fused-ring (bicyclic) bond motifs is 4. The Morgan fingerprint density at radius 3 is 2.52 bits per heavy atom. The summed E-state index contributed by atoms with van der Waals surface area (Å²) in [5.41, 5.74) is 4.62. The van der Waals surface area contributed by atoms with Crippen LogP contribution in [0.4, 0.5) is 0 Å². The highest BCUT2D eigenvalue weighted by molar-refractivity contribution is 5.90. The smallest absolute Gasteiger partial charge is 0.266 e. The highest BCUT2D eigenvalue weighted by atomic mass is 16.1. The molecule has 2 aromatic carbocycles. The van der Waals surface area contributed by atoms with Crippen molar-refractivity contribution in [3.05, 3.63) is 70.0 Å². The van der Waals surface area contributed by atoms with Crippen molar-refractivity contribution in [3.8, 4) is 0 Å². The summed E-state index contributed by atoms with van der Waals surface area (Å²) in [6, 6.07) is 15.6. The van der Waals surface area contributed by atoms with Crippen molar-refractivity contribution in [2.75, 3.05) is 0 Å². The normalized spacial score (nSPS) is 11.5. The van der Waals surface area contributed by atoms with Crippen LogP contribution in [0.2, 0.25) is 0 Å². The zero-order valence-electron chi connectivity index (χ0n) is 11.9. The maximum absolute atomic E-state index is 12.9. The molecule has 0 saturated heterocycles. The predicted octanol–water partition coefficient (Wildman–Crippen LogP) is 3.62. The molecule has 2 aromatic heterocycles. The molecule has 0 N–H and O–H groups in total. The molecule has 0 aliphatic carbocycles. The van der Waals surface area contributed by atoms with E-state index in [0.29, 0.717) is 11.0 Å². The van der Waals surface area contributed by atoms with Gasteiger partial charge in [-0.2, -0.15) is 0 Å². The van der Waals surface area contributed by atoms with Crippen LogP contribution in [0.25, 0.3) is 27.5 Å². The SMILES string of the molecule is Cc1cc2nc3ccccc3c(=O)n2c2c(C)cccc12. The predicted molar refractivity (Wildman–Crippen MR) is 85.9 cm³/mol. The minimum atomic E-state index is -0.00472. The Labute approximate surface area is 121 Å². The molecule has 0 bridgehead atoms. The second kappa shape index (κ2) is 4.16. The van der Waals surface area contributed by atoms with Gasteiger partial charge in [-0.1, -0.05) is 30.3 Å². The number of hydrogen-bond donors (Lipinski definition) is 0. The van der Waals surface area contributed by atoms with E-state index in [9.17, 15) is 4.79 Å². The third-order valence-corrected chi connectivity index (χ3v) is 4.03. The molecular weight excluding hydrogens is 260 g/mol. The number of aromatic nitrogens is 2. The molecule has 0 aliphatic rings. The van der Waals surface area contributed by atoms with Crippen LogP contribution < -0.4 is 5.56 Å². The summed E-state index contributed by atoms with van der Waals surface area (Å²) in [6.07, 6.45) is 0. The number of nitrogens with zero attached hydrogens (tertiary/aromatic N) is 2. The lowest BCUT2D eigenvalue weighted by atomic mass is 10.1. The van der Waals surface area contributed by atoms with Crippen molar-refractivity contribution in [2.45, 2.75) is 13.8 Å². The highest BCUT2D eigenvalue weighted by Crippen LogP contribution is 2.23. The quantitative estimate of drug-likeness (QED) is 0.362. The molecule has 3 heteroatoms. The summed E-state index contributed by atoms with van der Waals surface area (Å²) in [6.45, 7) is 4.09. The summed E-state index contributed by atoms with van der Waals surface area (Å²) in [7, 11) is 0. The molecular formula is C18H14N2O. The Hall–Kier alpha value is -2.68. The summed E-state index contributed by atoms with van der Waals surface area (Å²) in [5.74, 6) is 0. The number of hydrogen-bond acceptors (Lipinski definition) is 2. The Morgan fingerprint density at radius 1 is 0.905 bits per heavy atom. The fraction of sp³-hybridized carbons (Fsp3) is 0.111. The van der Waals surface area contributed by atoms with Gasteiger partial charge in [-0.25, -0.2) is 4.98 Å². The largest absolute Gasteiger partial charge is 0.268 e. The number of benzene rings is 2. The molecule has 0 amide bonds. The molecule has 21 heavy (non-hydrogen) atoms. The minimum absolute atomic E-state index is 0.00472. The van der Waals surface area contributed by atoms with Crippen LogP contribution in [0, 0.1) is 13.8 Å². The molecule has 0 radical (unpaired) electrons. The van der Waals surface area contributed by atoms with Crippen LogP contribution in [-0.4, -0.2) is 9.38 Å². The van der Waals surface area contributed by atoms with Crippen molar-refractivity contribution >= 4 is 27.5 Å². The fourth-order valence-corrected chi connectivity index (χ4v) is 3.01. The van der Waals surface area contributed by atoms with Gasteiger partial charge in [-0.15, -0.1) is 0 Å². The molecule has 0 aliphatic heterocycles. The van der Waals surface area contributed by atoms with Gasteiger partial charge in [-0.05, 0) is 43.2 Å². The third kappa shape index (κ3) is 1.61. The first-order valence-corrected chi connectivity index (χ1v) is 6.97. The van der Waals surface area contributed by atoms with E-state index in [1.54, 1.807) is 4.40 Å². The molecule has 3 nitrogen and oxygen atoms in total.